The van der Waals surface area contributed by atoms with E-state index in [9.17, 15) is 14.4 Å². The Morgan fingerprint density at radius 3 is 2.62 bits per heavy atom. The average molecular weight is 582 g/mol. The maximum absolute atomic E-state index is 14.1. The zero-order valence-electron chi connectivity index (χ0n) is 20.7. The number of esters is 1. The number of amides is 1. The summed E-state index contributed by atoms with van der Waals surface area (Å²) in [6.07, 6.45) is 0. The van der Waals surface area contributed by atoms with Crippen LogP contribution >= 0.6 is 27.3 Å². The number of fused-ring (bicyclic) bond motifs is 2. The van der Waals surface area contributed by atoms with E-state index in [0.29, 0.717) is 39.5 Å². The minimum Gasteiger partial charge on any atom is -0.496 e. The minimum absolute atomic E-state index is 0.171. The summed E-state index contributed by atoms with van der Waals surface area (Å²) in [5.41, 5.74) is 2.70. The lowest BCUT2D eigenvalue weighted by molar-refractivity contribution is -0.139. The molecule has 2 aliphatic rings. The number of rotatable bonds is 5. The Morgan fingerprint density at radius 2 is 1.92 bits per heavy atom. The molecule has 37 heavy (non-hydrogen) atoms. The minimum atomic E-state index is -0.855. The van der Waals surface area contributed by atoms with Crippen molar-refractivity contribution in [3.63, 3.8) is 0 Å². The van der Waals surface area contributed by atoms with Crippen LogP contribution in [0.25, 0.3) is 5.57 Å². The van der Waals surface area contributed by atoms with Gasteiger partial charge >= 0.3 is 5.97 Å². The number of nitrogens with zero attached hydrogens (tertiary/aromatic N) is 3. The van der Waals surface area contributed by atoms with Crippen LogP contribution in [0.15, 0.2) is 68.0 Å². The van der Waals surface area contributed by atoms with Crippen molar-refractivity contribution in [3.8, 4) is 5.75 Å². The molecule has 0 N–H and O–H groups in total. The van der Waals surface area contributed by atoms with E-state index in [1.54, 1.807) is 24.8 Å². The van der Waals surface area contributed by atoms with Crippen molar-refractivity contribution in [3.05, 3.63) is 89.0 Å². The van der Waals surface area contributed by atoms with Crippen molar-refractivity contribution in [1.82, 2.24) is 4.57 Å². The monoisotopic (exact) mass is 581 g/mol. The van der Waals surface area contributed by atoms with Crippen LogP contribution in [0.5, 0.6) is 5.75 Å². The van der Waals surface area contributed by atoms with E-state index in [2.05, 4.69) is 20.9 Å². The third-order valence-electron chi connectivity index (χ3n) is 6.45. The summed E-state index contributed by atoms with van der Waals surface area (Å²) in [6.45, 7) is 5.99. The van der Waals surface area contributed by atoms with E-state index in [-0.39, 0.29) is 22.6 Å². The molecule has 10 heteroatoms. The maximum atomic E-state index is 14.1. The summed E-state index contributed by atoms with van der Waals surface area (Å²) in [5.74, 6) is -0.289. The van der Waals surface area contributed by atoms with Crippen LogP contribution in [-0.2, 0) is 14.3 Å². The molecule has 3 heterocycles. The topological polar surface area (TPSA) is 90.2 Å². The Balaban J connectivity index is 1.87. The first-order valence-corrected chi connectivity index (χ1v) is 13.4. The first-order chi connectivity index (χ1) is 17.8. The molecule has 0 aliphatic carbocycles. The van der Waals surface area contributed by atoms with Crippen molar-refractivity contribution in [2.75, 3.05) is 25.2 Å². The van der Waals surface area contributed by atoms with Gasteiger partial charge in [0.2, 0.25) is 0 Å². The number of carbonyl (C=O) groups is 2. The van der Waals surface area contributed by atoms with Gasteiger partial charge in [0.15, 0.2) is 4.80 Å². The summed E-state index contributed by atoms with van der Waals surface area (Å²) in [6, 6.07) is 12.0. The normalized spacial score (nSPS) is 17.9. The summed E-state index contributed by atoms with van der Waals surface area (Å²) in [7, 11) is 1.53. The fraction of sp³-hybridized carbons (Fsp3) is 0.259. The Bertz CT molecular complexity index is 1670. The highest BCUT2D eigenvalue weighted by Gasteiger charge is 2.38. The number of allylic oxidation sites excluding steroid dienone is 1. The molecule has 3 aromatic rings. The molecule has 1 aromatic heterocycles. The second kappa shape index (κ2) is 9.75. The molecule has 190 valence electrons. The largest absolute Gasteiger partial charge is 0.496 e. The van der Waals surface area contributed by atoms with Crippen LogP contribution < -0.4 is 24.5 Å². The van der Waals surface area contributed by atoms with E-state index >= 15 is 0 Å². The number of anilines is 1. The lowest BCUT2D eigenvalue weighted by Crippen LogP contribution is -2.41. The molecular weight excluding hydrogens is 558 g/mol. The molecule has 0 saturated carbocycles. The van der Waals surface area contributed by atoms with E-state index in [0.717, 1.165) is 21.5 Å². The Morgan fingerprint density at radius 1 is 1.16 bits per heavy atom. The molecule has 5 rings (SSSR count). The summed E-state index contributed by atoms with van der Waals surface area (Å²) >= 11 is 4.65. The highest BCUT2D eigenvalue weighted by molar-refractivity contribution is 9.10. The van der Waals surface area contributed by atoms with Gasteiger partial charge in [-0.25, -0.2) is 9.79 Å². The third-order valence-corrected chi connectivity index (χ3v) is 7.99. The lowest BCUT2D eigenvalue weighted by Gasteiger charge is -2.26. The van der Waals surface area contributed by atoms with E-state index < -0.39 is 17.6 Å². The molecule has 0 radical (unpaired) electrons. The number of likely N-dealkylation sites (N-methyl/N-ethyl adjacent to an activating group) is 1. The van der Waals surface area contributed by atoms with Gasteiger partial charge in [-0.2, -0.15) is 0 Å². The van der Waals surface area contributed by atoms with Crippen LogP contribution in [0.1, 0.15) is 37.9 Å². The molecule has 0 bridgehead atoms. The maximum Gasteiger partial charge on any atom is 0.338 e. The molecular formula is C27H24BrN3O5S. The molecule has 8 nitrogen and oxygen atoms in total. The van der Waals surface area contributed by atoms with Crippen molar-refractivity contribution < 1.29 is 19.1 Å². The number of carbonyl (C=O) groups excluding carboxylic acids is 2. The number of para-hydroxylation sites is 1. The number of methoxy groups -OCH3 is 1. The molecule has 0 spiro atoms. The van der Waals surface area contributed by atoms with E-state index in [1.165, 1.54) is 11.7 Å². The number of benzene rings is 2. The van der Waals surface area contributed by atoms with Gasteiger partial charge in [-0.05, 0) is 45.0 Å². The predicted octanol–water partition coefficient (Wildman–Crippen LogP) is 3.31. The van der Waals surface area contributed by atoms with Crippen molar-refractivity contribution >= 4 is 50.4 Å². The molecule has 1 atom stereocenters. The van der Waals surface area contributed by atoms with Gasteiger partial charge in [0.05, 0.1) is 36.2 Å². The molecule has 2 aromatic carbocycles. The molecule has 0 saturated heterocycles. The van der Waals surface area contributed by atoms with Crippen LogP contribution in [0.4, 0.5) is 5.69 Å². The van der Waals surface area contributed by atoms with Crippen LogP contribution in [0.2, 0.25) is 0 Å². The van der Waals surface area contributed by atoms with Crippen LogP contribution in [0.3, 0.4) is 0 Å². The SMILES string of the molecule is CCOC(=O)C1=C(C)N=c2s/c(=C3\C(=O)N(CC)c4ccccc43)c(=O)n2[C@@H]1c1cc(Br)ccc1OC. The first-order valence-electron chi connectivity index (χ1n) is 11.8. The Kier molecular flexibility index (Phi) is 6.63. The summed E-state index contributed by atoms with van der Waals surface area (Å²) in [4.78, 5) is 47.5. The second-order valence-corrected chi connectivity index (χ2v) is 10.3. The van der Waals surface area contributed by atoms with E-state index in [4.69, 9.17) is 9.47 Å². The lowest BCUT2D eigenvalue weighted by atomic mass is 9.95. The fourth-order valence-electron chi connectivity index (χ4n) is 4.87. The molecule has 0 unspecified atom stereocenters. The number of thiazole rings is 1. The van der Waals surface area contributed by atoms with Gasteiger partial charge in [-0.15, -0.1) is 0 Å². The highest BCUT2D eigenvalue weighted by atomic mass is 79.9. The first kappa shape index (κ1) is 25.2. The molecule has 1 amide bonds. The molecule has 0 fully saturated rings. The third kappa shape index (κ3) is 3.95. The quantitative estimate of drug-likeness (QED) is 0.431. The number of hydrogen-bond donors (Lipinski definition) is 0. The molecule has 2 aliphatic heterocycles. The van der Waals surface area contributed by atoms with E-state index in [1.807, 2.05) is 43.3 Å². The Labute approximate surface area is 225 Å². The van der Waals surface area contributed by atoms with Gasteiger partial charge in [0, 0.05) is 22.1 Å². The van der Waals surface area contributed by atoms with Gasteiger partial charge in [-0.1, -0.05) is 45.5 Å². The zero-order chi connectivity index (χ0) is 26.4. The predicted molar refractivity (Wildman–Crippen MR) is 145 cm³/mol. The number of aromatic nitrogens is 1. The van der Waals surface area contributed by atoms with Crippen LogP contribution in [0, 0.1) is 0 Å². The highest BCUT2D eigenvalue weighted by Crippen LogP contribution is 2.38. The van der Waals surface area contributed by atoms with Gasteiger partial charge in [0.25, 0.3) is 11.5 Å². The zero-order valence-corrected chi connectivity index (χ0v) is 23.1. The summed E-state index contributed by atoms with van der Waals surface area (Å²) < 4.78 is 13.5. The van der Waals surface area contributed by atoms with Gasteiger partial charge < -0.3 is 14.4 Å². The Hall–Kier alpha value is -3.50. The van der Waals surface area contributed by atoms with Gasteiger partial charge in [0.1, 0.15) is 16.3 Å². The smallest absolute Gasteiger partial charge is 0.338 e. The van der Waals surface area contributed by atoms with Crippen molar-refractivity contribution in [2.45, 2.75) is 26.8 Å². The number of hydrogen-bond acceptors (Lipinski definition) is 7. The fourth-order valence-corrected chi connectivity index (χ4v) is 6.38. The second-order valence-electron chi connectivity index (χ2n) is 8.45. The van der Waals surface area contributed by atoms with Crippen molar-refractivity contribution in [1.29, 1.82) is 0 Å². The van der Waals surface area contributed by atoms with Gasteiger partial charge in [-0.3, -0.25) is 14.2 Å². The average Bonchev–Trinajstić information content (AvgIpc) is 3.35. The standard InChI is InChI=1S/C27H24BrN3O5S/c1-5-30-18-10-8-7-9-16(18)21(24(30)32)23-25(33)31-22(17-13-15(28)11-12-19(17)35-4)20(26(34)36-6-2)14(3)29-27(31)37-23/h7-13,22H,5-6H2,1-4H3/b23-21-/t22-/m1/s1. The number of halogens is 1. The van der Waals surface area contributed by atoms with Crippen molar-refractivity contribution in [2.24, 2.45) is 4.99 Å². The summed E-state index contributed by atoms with van der Waals surface area (Å²) in [5, 5.41) is 0. The number of ether oxygens (including phenoxy) is 2. The van der Waals surface area contributed by atoms with Crippen LogP contribution in [-0.4, -0.2) is 36.7 Å².